The van der Waals surface area contributed by atoms with Crippen LogP contribution >= 0.6 is 0 Å². The number of hydrogen-bond acceptors (Lipinski definition) is 2. The molecule has 0 aliphatic heterocycles. The van der Waals surface area contributed by atoms with Crippen molar-refractivity contribution in [1.29, 1.82) is 0 Å². The Morgan fingerprint density at radius 1 is 1.53 bits per heavy atom. The van der Waals surface area contributed by atoms with Crippen LogP contribution in [0.3, 0.4) is 0 Å². The lowest BCUT2D eigenvalue weighted by molar-refractivity contribution is -0.139. The normalized spacial score (nSPS) is 43.6. The van der Waals surface area contributed by atoms with Crippen LogP contribution in [0.5, 0.6) is 0 Å². The highest BCUT2D eigenvalue weighted by molar-refractivity contribution is 5.89. The molecule has 2 bridgehead atoms. The largest absolute Gasteiger partial charge is 0.481 e. The van der Waals surface area contributed by atoms with E-state index < -0.39 is 5.97 Å². The van der Waals surface area contributed by atoms with Gasteiger partial charge in [0.15, 0.2) is 0 Å². The average Bonchev–Trinajstić information content (AvgIpc) is 2.50. The zero-order chi connectivity index (χ0) is 11.3. The van der Waals surface area contributed by atoms with E-state index in [1.54, 1.807) is 0 Å². The molecule has 0 spiro atoms. The van der Waals surface area contributed by atoms with Gasteiger partial charge in [0.1, 0.15) is 5.78 Å². The minimum atomic E-state index is -0.751. The summed E-state index contributed by atoms with van der Waals surface area (Å²) in [5.41, 5.74) is -0.310. The third-order valence-electron chi connectivity index (χ3n) is 5.06. The number of aliphatic carboxylic acids is 1. The van der Waals surface area contributed by atoms with Gasteiger partial charge in [-0.15, -0.1) is 0 Å². The van der Waals surface area contributed by atoms with E-state index in [9.17, 15) is 9.59 Å². The number of carboxylic acids is 1. The van der Waals surface area contributed by atoms with E-state index in [0.29, 0.717) is 24.5 Å². The van der Waals surface area contributed by atoms with Gasteiger partial charge in [0.2, 0.25) is 0 Å². The van der Waals surface area contributed by atoms with Crippen molar-refractivity contribution >= 4 is 11.8 Å². The van der Waals surface area contributed by atoms with Gasteiger partial charge in [-0.25, -0.2) is 0 Å². The second kappa shape index (κ2) is 3.06. The fraction of sp³-hybridized carbons (Fsp3) is 0.833. The Balaban J connectivity index is 2.21. The van der Waals surface area contributed by atoms with Crippen molar-refractivity contribution in [2.75, 3.05) is 0 Å². The predicted octanol–water partition coefficient (Wildman–Crippen LogP) is 2.25. The molecule has 3 heteroatoms. The minimum absolute atomic E-state index is 0.0670. The summed E-state index contributed by atoms with van der Waals surface area (Å²) in [7, 11) is 0. The lowest BCUT2D eigenvalue weighted by Crippen LogP contribution is -2.35. The molecule has 2 rings (SSSR count). The molecule has 0 radical (unpaired) electrons. The third kappa shape index (κ3) is 1.25. The van der Waals surface area contributed by atoms with Crippen molar-refractivity contribution in [3.63, 3.8) is 0 Å². The summed E-state index contributed by atoms with van der Waals surface area (Å²) in [6.07, 6.45) is 3.56. The Hall–Kier alpha value is -0.860. The van der Waals surface area contributed by atoms with Crippen LogP contribution in [0, 0.1) is 16.7 Å². The summed E-state index contributed by atoms with van der Waals surface area (Å²) in [6, 6.07) is 0. The summed E-state index contributed by atoms with van der Waals surface area (Å²) >= 11 is 0. The molecular formula is C12H18O3. The standard InChI is InChI=1S/C12H18O3/c1-11(6-4-10(14)15)8-3-5-12(11,2)9(13)7-8/h8H,3-7H2,1-2H3,(H,14,15)/t8?,11?,12-/m0/s1. The Morgan fingerprint density at radius 2 is 2.20 bits per heavy atom. The first kappa shape index (κ1) is 10.7. The summed E-state index contributed by atoms with van der Waals surface area (Å²) in [5.74, 6) is 0.0274. The Kier molecular flexibility index (Phi) is 2.18. The van der Waals surface area contributed by atoms with Gasteiger partial charge in [-0.2, -0.15) is 0 Å². The van der Waals surface area contributed by atoms with Crippen molar-refractivity contribution in [1.82, 2.24) is 0 Å². The molecule has 84 valence electrons. The zero-order valence-electron chi connectivity index (χ0n) is 9.38. The molecule has 3 atom stereocenters. The Labute approximate surface area is 89.9 Å². The number of Topliss-reactive ketones (excluding diaryl/α,β-unsaturated/α-hetero) is 1. The van der Waals surface area contributed by atoms with Gasteiger partial charge in [0.25, 0.3) is 0 Å². The molecule has 15 heavy (non-hydrogen) atoms. The maximum absolute atomic E-state index is 11.9. The van der Waals surface area contributed by atoms with Crippen molar-refractivity contribution in [2.24, 2.45) is 16.7 Å². The van der Waals surface area contributed by atoms with Crippen LogP contribution in [0.15, 0.2) is 0 Å². The van der Waals surface area contributed by atoms with E-state index in [2.05, 4.69) is 6.92 Å². The van der Waals surface area contributed by atoms with Gasteiger partial charge in [0.05, 0.1) is 0 Å². The number of hydrogen-bond donors (Lipinski definition) is 1. The van der Waals surface area contributed by atoms with Gasteiger partial charge in [-0.05, 0) is 30.6 Å². The summed E-state index contributed by atoms with van der Waals surface area (Å²) in [4.78, 5) is 22.5. The van der Waals surface area contributed by atoms with E-state index in [1.165, 1.54) is 0 Å². The molecule has 3 nitrogen and oxygen atoms in total. The number of ketones is 1. The summed E-state index contributed by atoms with van der Waals surface area (Å²) < 4.78 is 0. The number of carbonyl (C=O) groups is 2. The highest BCUT2D eigenvalue weighted by Gasteiger charge is 2.63. The molecule has 2 aliphatic carbocycles. The highest BCUT2D eigenvalue weighted by Crippen LogP contribution is 2.65. The van der Waals surface area contributed by atoms with Crippen molar-refractivity contribution in [3.05, 3.63) is 0 Å². The van der Waals surface area contributed by atoms with Crippen molar-refractivity contribution in [3.8, 4) is 0 Å². The first-order valence-electron chi connectivity index (χ1n) is 5.65. The van der Waals surface area contributed by atoms with E-state index in [0.717, 1.165) is 12.8 Å². The van der Waals surface area contributed by atoms with Crippen LogP contribution in [-0.2, 0) is 9.59 Å². The number of carbonyl (C=O) groups excluding carboxylic acids is 1. The molecule has 0 saturated heterocycles. The van der Waals surface area contributed by atoms with Gasteiger partial charge in [-0.3, -0.25) is 9.59 Å². The number of rotatable bonds is 3. The molecule has 0 amide bonds. The lowest BCUT2D eigenvalue weighted by Gasteiger charge is -2.36. The summed E-state index contributed by atoms with van der Waals surface area (Å²) in [6.45, 7) is 4.14. The smallest absolute Gasteiger partial charge is 0.303 e. The molecule has 2 saturated carbocycles. The van der Waals surface area contributed by atoms with Crippen molar-refractivity contribution < 1.29 is 14.7 Å². The average molecular weight is 210 g/mol. The second-order valence-electron chi connectivity index (χ2n) is 5.51. The Bertz CT molecular complexity index is 323. The first-order chi connectivity index (χ1) is 6.90. The molecular weight excluding hydrogens is 192 g/mol. The van der Waals surface area contributed by atoms with Crippen LogP contribution in [-0.4, -0.2) is 16.9 Å². The number of carboxylic acid groups (broad SMARTS) is 1. The fourth-order valence-electron chi connectivity index (χ4n) is 3.60. The van der Waals surface area contributed by atoms with Crippen LogP contribution in [0.2, 0.25) is 0 Å². The van der Waals surface area contributed by atoms with Gasteiger partial charge < -0.3 is 5.11 Å². The van der Waals surface area contributed by atoms with Crippen LogP contribution in [0.4, 0.5) is 0 Å². The fourth-order valence-corrected chi connectivity index (χ4v) is 3.60. The minimum Gasteiger partial charge on any atom is -0.481 e. The monoisotopic (exact) mass is 210 g/mol. The van der Waals surface area contributed by atoms with Gasteiger partial charge in [0, 0.05) is 18.3 Å². The summed E-state index contributed by atoms with van der Waals surface area (Å²) in [5, 5.41) is 8.75. The maximum atomic E-state index is 11.9. The maximum Gasteiger partial charge on any atom is 0.303 e. The molecule has 0 aromatic heterocycles. The van der Waals surface area contributed by atoms with E-state index in [1.807, 2.05) is 6.92 Å². The van der Waals surface area contributed by atoms with E-state index in [-0.39, 0.29) is 17.3 Å². The SMILES string of the molecule is CC1(CCC(=O)O)C2CC[C@@]1(C)C(=O)C2. The van der Waals surface area contributed by atoms with E-state index in [4.69, 9.17) is 5.11 Å². The molecule has 2 fully saturated rings. The molecule has 2 unspecified atom stereocenters. The number of fused-ring (bicyclic) bond motifs is 2. The van der Waals surface area contributed by atoms with Crippen molar-refractivity contribution in [2.45, 2.75) is 46.0 Å². The Morgan fingerprint density at radius 3 is 2.60 bits per heavy atom. The molecule has 0 heterocycles. The first-order valence-corrected chi connectivity index (χ1v) is 5.65. The second-order valence-corrected chi connectivity index (χ2v) is 5.51. The third-order valence-corrected chi connectivity index (χ3v) is 5.06. The quantitative estimate of drug-likeness (QED) is 0.777. The molecule has 1 N–H and O–H groups in total. The zero-order valence-corrected chi connectivity index (χ0v) is 9.38. The molecule has 0 aromatic carbocycles. The van der Waals surface area contributed by atoms with Gasteiger partial charge in [-0.1, -0.05) is 13.8 Å². The highest BCUT2D eigenvalue weighted by atomic mass is 16.4. The topological polar surface area (TPSA) is 54.4 Å². The van der Waals surface area contributed by atoms with Gasteiger partial charge >= 0.3 is 5.97 Å². The van der Waals surface area contributed by atoms with Crippen LogP contribution < -0.4 is 0 Å². The predicted molar refractivity (Wildman–Crippen MR) is 55.4 cm³/mol. The van der Waals surface area contributed by atoms with E-state index >= 15 is 0 Å². The lowest BCUT2D eigenvalue weighted by atomic mass is 9.66. The molecule has 0 aromatic rings. The van der Waals surface area contributed by atoms with Crippen LogP contribution in [0.1, 0.15) is 46.0 Å². The molecule has 2 aliphatic rings. The van der Waals surface area contributed by atoms with Crippen LogP contribution in [0.25, 0.3) is 0 Å².